The third kappa shape index (κ3) is 5.37. The van der Waals surface area contributed by atoms with Crippen LogP contribution in [0, 0.1) is 0 Å². The number of rotatable bonds is 5. The molecule has 2 aromatic rings. The van der Waals surface area contributed by atoms with E-state index in [2.05, 4.69) is 19.8 Å². The van der Waals surface area contributed by atoms with Gasteiger partial charge in [0.05, 0.1) is 17.7 Å². The zero-order valence-electron chi connectivity index (χ0n) is 17.7. The van der Waals surface area contributed by atoms with Gasteiger partial charge in [0.1, 0.15) is 0 Å². The molecular formula is C21H24ClF3N6O2. The number of nitrogens with two attached hydrogens (primary N) is 1. The van der Waals surface area contributed by atoms with Crippen LogP contribution in [0.4, 0.5) is 19.1 Å². The lowest BCUT2D eigenvalue weighted by molar-refractivity contribution is -0.141. The van der Waals surface area contributed by atoms with Gasteiger partial charge in [0, 0.05) is 57.0 Å². The van der Waals surface area contributed by atoms with E-state index in [1.807, 2.05) is 24.3 Å². The van der Waals surface area contributed by atoms with Gasteiger partial charge in [-0.05, 0) is 17.7 Å². The van der Waals surface area contributed by atoms with Crippen LogP contribution in [0.15, 0.2) is 30.5 Å². The Morgan fingerprint density at radius 2 is 1.82 bits per heavy atom. The minimum Gasteiger partial charge on any atom is -0.390 e. The molecule has 2 atom stereocenters. The Bertz CT molecular complexity index is 998. The molecule has 33 heavy (non-hydrogen) atoms. The molecule has 8 nitrogen and oxygen atoms in total. The maximum atomic E-state index is 13.3. The third-order valence-corrected chi connectivity index (χ3v) is 6.30. The Balaban J connectivity index is 1.39. The predicted molar refractivity (Wildman–Crippen MR) is 116 cm³/mol. The SMILES string of the molecule is NC(=O)c1cnc(N2C[C@@H](O)[C@H](N3CCN(Cc4ccc(Cl)cc4)CC3)C2)nc1C(F)(F)F. The maximum Gasteiger partial charge on any atom is 0.434 e. The van der Waals surface area contributed by atoms with Gasteiger partial charge >= 0.3 is 6.18 Å². The van der Waals surface area contributed by atoms with Crippen molar-refractivity contribution < 1.29 is 23.1 Å². The van der Waals surface area contributed by atoms with E-state index in [-0.39, 0.29) is 25.1 Å². The van der Waals surface area contributed by atoms with Gasteiger partial charge in [0.25, 0.3) is 5.91 Å². The molecule has 0 radical (unpaired) electrons. The molecule has 4 rings (SSSR count). The minimum absolute atomic E-state index is 0.100. The van der Waals surface area contributed by atoms with Gasteiger partial charge in [0.15, 0.2) is 5.69 Å². The zero-order chi connectivity index (χ0) is 23.8. The number of nitrogens with zero attached hydrogens (tertiary/aromatic N) is 5. The summed E-state index contributed by atoms with van der Waals surface area (Å²) < 4.78 is 40.0. The molecule has 1 aromatic carbocycles. The Labute approximate surface area is 193 Å². The van der Waals surface area contributed by atoms with E-state index < -0.39 is 29.4 Å². The Kier molecular flexibility index (Phi) is 6.76. The van der Waals surface area contributed by atoms with Crippen LogP contribution in [-0.4, -0.2) is 82.2 Å². The number of benzene rings is 1. The van der Waals surface area contributed by atoms with E-state index in [0.29, 0.717) is 5.02 Å². The highest BCUT2D eigenvalue weighted by atomic mass is 35.5. The smallest absolute Gasteiger partial charge is 0.390 e. The fourth-order valence-corrected chi connectivity index (χ4v) is 4.44. The van der Waals surface area contributed by atoms with Crippen molar-refractivity contribution in [3.8, 4) is 0 Å². The normalized spacial score (nSPS) is 22.6. The van der Waals surface area contributed by atoms with Crippen LogP contribution < -0.4 is 10.6 Å². The van der Waals surface area contributed by atoms with Crippen molar-refractivity contribution in [2.45, 2.75) is 24.9 Å². The number of hydrogen-bond donors (Lipinski definition) is 2. The quantitative estimate of drug-likeness (QED) is 0.665. The molecule has 3 N–H and O–H groups in total. The van der Waals surface area contributed by atoms with Crippen LogP contribution in [0.5, 0.6) is 0 Å². The molecule has 3 heterocycles. The van der Waals surface area contributed by atoms with Gasteiger partial charge in [-0.25, -0.2) is 9.97 Å². The first-order chi connectivity index (χ1) is 15.6. The molecule has 2 aliphatic heterocycles. The Morgan fingerprint density at radius 3 is 2.42 bits per heavy atom. The number of alkyl halides is 3. The largest absolute Gasteiger partial charge is 0.434 e. The first-order valence-electron chi connectivity index (χ1n) is 10.5. The summed E-state index contributed by atoms with van der Waals surface area (Å²) in [7, 11) is 0. The summed E-state index contributed by atoms with van der Waals surface area (Å²) in [4.78, 5) is 24.8. The lowest BCUT2D eigenvalue weighted by Gasteiger charge is -2.38. The summed E-state index contributed by atoms with van der Waals surface area (Å²) in [6.07, 6.45) is -4.82. The number of piperazine rings is 1. The topological polar surface area (TPSA) is 98.8 Å². The van der Waals surface area contributed by atoms with E-state index >= 15 is 0 Å². The number of amides is 1. The average molecular weight is 485 g/mol. The summed E-state index contributed by atoms with van der Waals surface area (Å²) in [5.41, 5.74) is 4.05. The van der Waals surface area contributed by atoms with E-state index in [1.165, 1.54) is 4.90 Å². The highest BCUT2D eigenvalue weighted by Crippen LogP contribution is 2.32. The fraction of sp³-hybridized carbons (Fsp3) is 0.476. The number of primary amides is 1. The number of aliphatic hydroxyl groups excluding tert-OH is 1. The fourth-order valence-electron chi connectivity index (χ4n) is 4.31. The molecule has 1 aromatic heterocycles. The van der Waals surface area contributed by atoms with Gasteiger partial charge in [0.2, 0.25) is 5.95 Å². The minimum atomic E-state index is -4.85. The number of aliphatic hydroxyl groups is 1. The average Bonchev–Trinajstić information content (AvgIpc) is 3.16. The molecule has 0 saturated carbocycles. The van der Waals surface area contributed by atoms with E-state index in [9.17, 15) is 23.1 Å². The number of carbonyl (C=O) groups is 1. The van der Waals surface area contributed by atoms with Gasteiger partial charge in [-0.2, -0.15) is 13.2 Å². The number of β-amino-alcohol motifs (C(OH)–C–C–N with tert-alkyl or cyclic N) is 1. The van der Waals surface area contributed by atoms with Crippen LogP contribution in [-0.2, 0) is 12.7 Å². The Morgan fingerprint density at radius 1 is 1.15 bits per heavy atom. The lowest BCUT2D eigenvalue weighted by Crippen LogP contribution is -2.53. The number of aromatic nitrogens is 2. The highest BCUT2D eigenvalue weighted by Gasteiger charge is 2.41. The number of hydrogen-bond acceptors (Lipinski definition) is 7. The first kappa shape index (κ1) is 23.7. The van der Waals surface area contributed by atoms with Crippen LogP contribution >= 0.6 is 11.6 Å². The van der Waals surface area contributed by atoms with Gasteiger partial charge in [-0.3, -0.25) is 14.6 Å². The molecule has 12 heteroatoms. The monoisotopic (exact) mass is 484 g/mol. The summed E-state index contributed by atoms with van der Waals surface area (Å²) in [5.74, 6) is -1.43. The lowest BCUT2D eigenvalue weighted by atomic mass is 10.1. The standard InChI is InChI=1S/C21H24ClF3N6O2/c22-14-3-1-13(2-4-14)10-29-5-7-30(8-6-29)16-11-31(12-17(16)32)20-27-9-15(19(26)33)18(28-20)21(23,24)25/h1-4,9,16-17,32H,5-8,10-12H2,(H2,26,33)/t16-,17-/m1/s1. The maximum absolute atomic E-state index is 13.3. The van der Waals surface area contributed by atoms with Crippen molar-refractivity contribution >= 4 is 23.5 Å². The summed E-state index contributed by atoms with van der Waals surface area (Å²) in [6.45, 7) is 4.22. The van der Waals surface area contributed by atoms with Crippen molar-refractivity contribution in [3.05, 3.63) is 52.3 Å². The van der Waals surface area contributed by atoms with Crippen LogP contribution in [0.2, 0.25) is 5.02 Å². The molecular weight excluding hydrogens is 461 g/mol. The van der Waals surface area contributed by atoms with Crippen molar-refractivity contribution in [1.82, 2.24) is 19.8 Å². The van der Waals surface area contributed by atoms with Crippen molar-refractivity contribution in [3.63, 3.8) is 0 Å². The molecule has 1 amide bonds. The Hall–Kier alpha value is -2.47. The van der Waals surface area contributed by atoms with E-state index in [0.717, 1.165) is 44.5 Å². The number of anilines is 1. The molecule has 178 valence electrons. The van der Waals surface area contributed by atoms with Crippen molar-refractivity contribution in [1.29, 1.82) is 0 Å². The molecule has 2 saturated heterocycles. The molecule has 0 unspecified atom stereocenters. The third-order valence-electron chi connectivity index (χ3n) is 6.05. The molecule has 2 aliphatic rings. The van der Waals surface area contributed by atoms with E-state index in [4.69, 9.17) is 17.3 Å². The molecule has 0 bridgehead atoms. The van der Waals surface area contributed by atoms with E-state index in [1.54, 1.807) is 0 Å². The number of carbonyl (C=O) groups excluding carboxylic acids is 1. The van der Waals surface area contributed by atoms with Crippen LogP contribution in [0.1, 0.15) is 21.6 Å². The van der Waals surface area contributed by atoms with Crippen molar-refractivity contribution in [2.75, 3.05) is 44.2 Å². The van der Waals surface area contributed by atoms with Crippen LogP contribution in [0.25, 0.3) is 0 Å². The number of halogens is 4. The summed E-state index contributed by atoms with van der Waals surface area (Å²) in [6, 6.07) is 7.45. The second-order valence-corrected chi connectivity index (χ2v) is 8.71. The summed E-state index contributed by atoms with van der Waals surface area (Å²) >= 11 is 5.94. The molecule has 2 fully saturated rings. The molecule has 0 aliphatic carbocycles. The molecule has 0 spiro atoms. The second-order valence-electron chi connectivity index (χ2n) is 8.27. The van der Waals surface area contributed by atoms with Crippen molar-refractivity contribution in [2.24, 2.45) is 5.73 Å². The van der Waals surface area contributed by atoms with Gasteiger partial charge < -0.3 is 15.7 Å². The summed E-state index contributed by atoms with van der Waals surface area (Å²) in [5, 5.41) is 11.3. The van der Waals surface area contributed by atoms with Crippen LogP contribution in [0.3, 0.4) is 0 Å². The van der Waals surface area contributed by atoms with Gasteiger partial charge in [-0.15, -0.1) is 0 Å². The zero-order valence-corrected chi connectivity index (χ0v) is 18.4. The highest BCUT2D eigenvalue weighted by molar-refractivity contribution is 6.30. The van der Waals surface area contributed by atoms with Gasteiger partial charge in [-0.1, -0.05) is 23.7 Å². The predicted octanol–water partition coefficient (Wildman–Crippen LogP) is 1.62. The first-order valence-corrected chi connectivity index (χ1v) is 10.9. The second kappa shape index (κ2) is 9.41.